The van der Waals surface area contributed by atoms with Gasteiger partial charge in [-0.05, 0) is 48.6 Å². The first-order valence-corrected chi connectivity index (χ1v) is 9.37. The van der Waals surface area contributed by atoms with E-state index in [1.165, 1.54) is 39.2 Å². The number of rotatable bonds is 3. The van der Waals surface area contributed by atoms with Gasteiger partial charge in [0.25, 0.3) is 0 Å². The molecule has 0 nitrogen and oxygen atoms in total. The van der Waals surface area contributed by atoms with E-state index < -0.39 is 0 Å². The second kappa shape index (κ2) is 8.18. The van der Waals surface area contributed by atoms with Gasteiger partial charge >= 0.3 is 21.2 Å². The summed E-state index contributed by atoms with van der Waals surface area (Å²) in [6, 6.07) is 20.4. The highest BCUT2D eigenvalue weighted by Crippen LogP contribution is 2.32. The summed E-state index contributed by atoms with van der Waals surface area (Å²) in [5.74, 6) is 0.831. The third-order valence-electron chi connectivity index (χ3n) is 3.90. The number of benzene rings is 2. The van der Waals surface area contributed by atoms with Crippen molar-refractivity contribution in [3.8, 4) is 0 Å². The van der Waals surface area contributed by atoms with E-state index in [0.29, 0.717) is 0 Å². The second-order valence-corrected chi connectivity index (χ2v) is 8.31. The van der Waals surface area contributed by atoms with Crippen molar-refractivity contribution in [1.82, 2.24) is 0 Å². The standard InChI is InChI=1S/C18H20I.BrH/c1-3-7-15(8-4-1)16-11-13-18(14-12-16)19-17-9-5-2-6-10-17;/h2,5-6,9-15H,1,3-4,7-8H2;1H/q+1;/p-1. The SMILES string of the molecule is [Br-].c1ccc([I+]c2ccc(C3CCCCC3)cc2)cc1. The molecule has 0 radical (unpaired) electrons. The molecule has 20 heavy (non-hydrogen) atoms. The predicted octanol–water partition coefficient (Wildman–Crippen LogP) is -1.13. The van der Waals surface area contributed by atoms with E-state index in [2.05, 4.69) is 54.6 Å². The van der Waals surface area contributed by atoms with Gasteiger partial charge in [-0.2, -0.15) is 0 Å². The quantitative estimate of drug-likeness (QED) is 0.527. The molecule has 2 aromatic carbocycles. The molecule has 0 atom stereocenters. The summed E-state index contributed by atoms with van der Waals surface area (Å²) in [6.45, 7) is 0. The molecule has 106 valence electrons. The zero-order valence-corrected chi connectivity index (χ0v) is 15.3. The van der Waals surface area contributed by atoms with E-state index in [-0.39, 0.29) is 38.2 Å². The van der Waals surface area contributed by atoms with Crippen LogP contribution in [0.4, 0.5) is 0 Å². The summed E-state index contributed by atoms with van der Waals surface area (Å²) < 4.78 is 3.04. The Morgan fingerprint density at radius 1 is 0.700 bits per heavy atom. The van der Waals surface area contributed by atoms with Crippen LogP contribution in [0.1, 0.15) is 43.6 Å². The molecular weight excluding hydrogens is 423 g/mol. The highest BCUT2D eigenvalue weighted by Gasteiger charge is 2.18. The van der Waals surface area contributed by atoms with Gasteiger partial charge in [-0.15, -0.1) is 0 Å². The van der Waals surface area contributed by atoms with Crippen molar-refractivity contribution in [3.05, 3.63) is 67.3 Å². The van der Waals surface area contributed by atoms with E-state index in [9.17, 15) is 0 Å². The van der Waals surface area contributed by atoms with Crippen LogP contribution in [-0.2, 0) is 0 Å². The highest BCUT2D eigenvalue weighted by atomic mass is 127. The van der Waals surface area contributed by atoms with Gasteiger partial charge in [0.15, 0.2) is 7.14 Å². The number of halogens is 2. The lowest BCUT2D eigenvalue weighted by Gasteiger charge is -2.21. The van der Waals surface area contributed by atoms with Crippen LogP contribution in [0, 0.1) is 7.14 Å². The number of hydrogen-bond donors (Lipinski definition) is 0. The van der Waals surface area contributed by atoms with Gasteiger partial charge in [-0.1, -0.05) is 49.6 Å². The van der Waals surface area contributed by atoms with E-state index >= 15 is 0 Å². The molecular formula is C18H20BrI. The molecule has 3 rings (SSSR count). The average molecular weight is 443 g/mol. The second-order valence-electron chi connectivity index (χ2n) is 5.28. The Labute approximate surface area is 143 Å². The lowest BCUT2D eigenvalue weighted by Crippen LogP contribution is -3.61. The van der Waals surface area contributed by atoms with Gasteiger partial charge in [-0.3, -0.25) is 0 Å². The highest BCUT2D eigenvalue weighted by molar-refractivity contribution is 5.19. The first-order valence-electron chi connectivity index (χ1n) is 7.22. The van der Waals surface area contributed by atoms with Crippen LogP contribution in [-0.4, -0.2) is 0 Å². The summed E-state index contributed by atoms with van der Waals surface area (Å²) in [7, 11) is 0. The molecule has 0 aromatic heterocycles. The van der Waals surface area contributed by atoms with Gasteiger partial charge < -0.3 is 17.0 Å². The molecule has 0 heterocycles. The largest absolute Gasteiger partial charge is 1.00 e. The average Bonchev–Trinajstić information content (AvgIpc) is 2.50. The van der Waals surface area contributed by atoms with Gasteiger partial charge in [0.05, 0.1) is 0 Å². The van der Waals surface area contributed by atoms with E-state index in [0.717, 1.165) is 5.92 Å². The molecule has 1 fully saturated rings. The Morgan fingerprint density at radius 3 is 1.95 bits per heavy atom. The van der Waals surface area contributed by atoms with Crippen molar-refractivity contribution in [2.75, 3.05) is 0 Å². The zero-order valence-electron chi connectivity index (χ0n) is 11.6. The van der Waals surface area contributed by atoms with Crippen molar-refractivity contribution < 1.29 is 38.2 Å². The smallest absolute Gasteiger partial charge is 0.357 e. The third-order valence-corrected chi connectivity index (χ3v) is 6.58. The Bertz CT molecular complexity index is 501. The van der Waals surface area contributed by atoms with Crippen LogP contribution in [0.25, 0.3) is 0 Å². The fourth-order valence-corrected chi connectivity index (χ4v) is 5.05. The molecule has 1 saturated carbocycles. The summed E-state index contributed by atoms with van der Waals surface area (Å²) in [4.78, 5) is 0. The maximum Gasteiger partial charge on any atom is 0.357 e. The van der Waals surface area contributed by atoms with E-state index in [1.54, 1.807) is 5.56 Å². The minimum atomic E-state index is -0.00271. The topological polar surface area (TPSA) is 0 Å². The molecule has 2 heteroatoms. The van der Waals surface area contributed by atoms with Gasteiger partial charge in [0.2, 0.25) is 0 Å². The third kappa shape index (κ3) is 4.32. The van der Waals surface area contributed by atoms with Crippen LogP contribution < -0.4 is 38.2 Å². The lowest BCUT2D eigenvalue weighted by molar-refractivity contribution is -0.597. The fourth-order valence-electron chi connectivity index (χ4n) is 2.84. The lowest BCUT2D eigenvalue weighted by atomic mass is 9.84. The van der Waals surface area contributed by atoms with Crippen LogP contribution in [0.3, 0.4) is 0 Å². The van der Waals surface area contributed by atoms with E-state index in [4.69, 9.17) is 0 Å². The van der Waals surface area contributed by atoms with Crippen LogP contribution in [0.2, 0.25) is 0 Å². The Morgan fingerprint density at radius 2 is 1.30 bits per heavy atom. The van der Waals surface area contributed by atoms with Crippen molar-refractivity contribution >= 4 is 0 Å². The molecule has 0 bridgehead atoms. The maximum absolute atomic E-state index is 2.38. The molecule has 1 aliphatic carbocycles. The first kappa shape index (κ1) is 16.0. The number of hydrogen-bond acceptors (Lipinski definition) is 0. The molecule has 0 N–H and O–H groups in total. The molecule has 0 spiro atoms. The summed E-state index contributed by atoms with van der Waals surface area (Å²) in [5, 5.41) is 0. The Kier molecular flexibility index (Phi) is 6.56. The normalized spacial score (nSPS) is 15.6. The molecule has 0 aliphatic heterocycles. The van der Waals surface area contributed by atoms with Crippen molar-refractivity contribution in [2.45, 2.75) is 38.0 Å². The Balaban J connectivity index is 0.00000147. The summed E-state index contributed by atoms with van der Waals surface area (Å²) in [5.41, 5.74) is 1.57. The first-order chi connectivity index (χ1) is 9.42. The van der Waals surface area contributed by atoms with E-state index in [1.807, 2.05) is 0 Å². The van der Waals surface area contributed by atoms with Gasteiger partial charge in [0, 0.05) is 0 Å². The monoisotopic (exact) mass is 442 g/mol. The van der Waals surface area contributed by atoms with Gasteiger partial charge in [0.1, 0.15) is 0 Å². The molecule has 2 aromatic rings. The maximum atomic E-state index is 2.38. The Hall–Kier alpha value is -0.350. The van der Waals surface area contributed by atoms with Crippen molar-refractivity contribution in [2.24, 2.45) is 0 Å². The zero-order chi connectivity index (χ0) is 12.9. The van der Waals surface area contributed by atoms with Crippen molar-refractivity contribution in [3.63, 3.8) is 0 Å². The summed E-state index contributed by atoms with van der Waals surface area (Å²) in [6.07, 6.45) is 7.07. The van der Waals surface area contributed by atoms with Crippen LogP contribution in [0.15, 0.2) is 54.6 Å². The van der Waals surface area contributed by atoms with Gasteiger partial charge in [-0.25, -0.2) is 0 Å². The van der Waals surface area contributed by atoms with Crippen LogP contribution in [0.5, 0.6) is 0 Å². The molecule has 0 saturated heterocycles. The molecule has 1 aliphatic rings. The minimum absolute atomic E-state index is 0. The summed E-state index contributed by atoms with van der Waals surface area (Å²) >= 11 is -0.00271. The molecule has 0 unspecified atom stereocenters. The predicted molar refractivity (Wildman–Crippen MR) is 76.1 cm³/mol. The fraction of sp³-hybridized carbons (Fsp3) is 0.333. The van der Waals surface area contributed by atoms with Crippen LogP contribution >= 0.6 is 0 Å². The minimum Gasteiger partial charge on any atom is -1.00 e. The molecule has 0 amide bonds. The van der Waals surface area contributed by atoms with Crippen molar-refractivity contribution in [1.29, 1.82) is 0 Å².